The predicted octanol–water partition coefficient (Wildman–Crippen LogP) is 4.03. The summed E-state index contributed by atoms with van der Waals surface area (Å²) >= 11 is 3.41. The zero-order valence-corrected chi connectivity index (χ0v) is 11.4. The third-order valence-corrected chi connectivity index (χ3v) is 3.23. The first kappa shape index (κ1) is 12.7. The fraction of sp³-hybridized carbons (Fsp3) is 0.133. The molecule has 0 aliphatic heterocycles. The molecule has 90 valence electrons. The minimum atomic E-state index is 0.412. The Labute approximate surface area is 115 Å². The van der Waals surface area contributed by atoms with Gasteiger partial charge in [0.25, 0.3) is 0 Å². The van der Waals surface area contributed by atoms with Crippen LogP contribution in [0.2, 0.25) is 0 Å². The van der Waals surface area contributed by atoms with Crippen LogP contribution in [0.3, 0.4) is 0 Å². The first-order valence-electron chi connectivity index (χ1n) is 5.59. The second-order valence-corrected chi connectivity index (χ2v) is 4.40. The highest BCUT2D eigenvalue weighted by atomic mass is 79.9. The van der Waals surface area contributed by atoms with Crippen LogP contribution in [0.15, 0.2) is 48.5 Å². The van der Waals surface area contributed by atoms with Crippen molar-refractivity contribution in [1.29, 1.82) is 5.26 Å². The molecule has 18 heavy (non-hydrogen) atoms. The molecule has 0 aliphatic rings. The van der Waals surface area contributed by atoms with Crippen LogP contribution in [-0.4, -0.2) is 0 Å². The number of halogens is 1. The van der Waals surface area contributed by atoms with E-state index in [1.165, 1.54) is 5.56 Å². The minimum absolute atomic E-state index is 0.412. The van der Waals surface area contributed by atoms with E-state index in [0.717, 1.165) is 16.6 Å². The highest BCUT2D eigenvalue weighted by molar-refractivity contribution is 9.08. The summed E-state index contributed by atoms with van der Waals surface area (Å²) in [6.45, 7) is 0.412. The molecule has 0 aromatic heterocycles. The monoisotopic (exact) mass is 301 g/mol. The lowest BCUT2D eigenvalue weighted by atomic mass is 10.1. The molecule has 0 spiro atoms. The van der Waals surface area contributed by atoms with Crippen molar-refractivity contribution in [1.82, 2.24) is 0 Å². The molecule has 2 aromatic carbocycles. The Balaban J connectivity index is 2.09. The average Bonchev–Trinajstić information content (AvgIpc) is 2.45. The van der Waals surface area contributed by atoms with Crippen LogP contribution in [0.5, 0.6) is 5.75 Å². The van der Waals surface area contributed by atoms with Gasteiger partial charge in [-0.15, -0.1) is 0 Å². The maximum absolute atomic E-state index is 8.99. The van der Waals surface area contributed by atoms with Gasteiger partial charge in [-0.3, -0.25) is 0 Å². The largest absolute Gasteiger partial charge is 0.489 e. The molecule has 0 N–H and O–H groups in total. The zero-order valence-electron chi connectivity index (χ0n) is 9.77. The highest BCUT2D eigenvalue weighted by Gasteiger charge is 2.02. The van der Waals surface area contributed by atoms with Crippen LogP contribution in [0, 0.1) is 11.3 Å². The maximum atomic E-state index is 8.99. The van der Waals surface area contributed by atoms with Gasteiger partial charge < -0.3 is 4.74 Å². The van der Waals surface area contributed by atoms with Crippen molar-refractivity contribution in [2.75, 3.05) is 0 Å². The smallest absolute Gasteiger partial charge is 0.120 e. The molecule has 0 bridgehead atoms. The number of nitrogens with zero attached hydrogens (tertiary/aromatic N) is 1. The molecule has 2 rings (SSSR count). The van der Waals surface area contributed by atoms with Gasteiger partial charge >= 0.3 is 0 Å². The quantitative estimate of drug-likeness (QED) is 0.799. The maximum Gasteiger partial charge on any atom is 0.120 e. The van der Waals surface area contributed by atoms with Gasteiger partial charge in [-0.25, -0.2) is 0 Å². The molecule has 0 unspecified atom stereocenters. The van der Waals surface area contributed by atoms with E-state index in [1.807, 2.05) is 42.5 Å². The van der Waals surface area contributed by atoms with Crippen LogP contribution in [-0.2, 0) is 11.9 Å². The van der Waals surface area contributed by atoms with Crippen LogP contribution in [0.25, 0.3) is 0 Å². The summed E-state index contributed by atoms with van der Waals surface area (Å²) in [7, 11) is 0. The highest BCUT2D eigenvalue weighted by Crippen LogP contribution is 2.17. The van der Waals surface area contributed by atoms with E-state index >= 15 is 0 Å². The van der Waals surface area contributed by atoms with Gasteiger partial charge in [0.2, 0.25) is 0 Å². The number of hydrogen-bond donors (Lipinski definition) is 0. The van der Waals surface area contributed by atoms with Crippen molar-refractivity contribution < 1.29 is 4.74 Å². The summed E-state index contributed by atoms with van der Waals surface area (Å²) in [4.78, 5) is 0. The van der Waals surface area contributed by atoms with Crippen molar-refractivity contribution in [2.45, 2.75) is 11.9 Å². The third kappa shape index (κ3) is 3.12. The molecule has 3 heteroatoms. The van der Waals surface area contributed by atoms with E-state index in [-0.39, 0.29) is 0 Å². The molecule has 0 fully saturated rings. The number of ether oxygens (including phenoxy) is 1. The normalized spacial score (nSPS) is 9.78. The summed E-state index contributed by atoms with van der Waals surface area (Å²) in [6, 6.07) is 17.5. The first-order valence-corrected chi connectivity index (χ1v) is 6.71. The second kappa shape index (κ2) is 6.23. The molecule has 0 saturated carbocycles. The SMILES string of the molecule is N#Cc1ccccc1COc1cccc(CBr)c1. The molecular formula is C15H12BrNO. The van der Waals surface area contributed by atoms with Gasteiger partial charge in [-0.05, 0) is 23.8 Å². The van der Waals surface area contributed by atoms with E-state index in [2.05, 4.69) is 22.0 Å². The van der Waals surface area contributed by atoms with Crippen molar-refractivity contribution >= 4 is 15.9 Å². The number of nitriles is 1. The van der Waals surface area contributed by atoms with E-state index in [1.54, 1.807) is 6.07 Å². The molecule has 2 aromatic rings. The Bertz CT molecular complexity index is 575. The van der Waals surface area contributed by atoms with Crippen molar-refractivity contribution in [3.8, 4) is 11.8 Å². The number of hydrogen-bond acceptors (Lipinski definition) is 2. The fourth-order valence-electron chi connectivity index (χ4n) is 1.63. The molecular weight excluding hydrogens is 290 g/mol. The Hall–Kier alpha value is -1.79. The lowest BCUT2D eigenvalue weighted by Crippen LogP contribution is -1.98. The summed E-state index contributed by atoms with van der Waals surface area (Å²) < 4.78 is 5.71. The zero-order chi connectivity index (χ0) is 12.8. The van der Waals surface area contributed by atoms with E-state index in [0.29, 0.717) is 12.2 Å². The van der Waals surface area contributed by atoms with Crippen molar-refractivity contribution in [2.24, 2.45) is 0 Å². The van der Waals surface area contributed by atoms with Crippen LogP contribution in [0.1, 0.15) is 16.7 Å². The summed E-state index contributed by atoms with van der Waals surface area (Å²) in [6.07, 6.45) is 0. The predicted molar refractivity (Wildman–Crippen MR) is 74.6 cm³/mol. The number of benzene rings is 2. The average molecular weight is 302 g/mol. The lowest BCUT2D eigenvalue weighted by molar-refractivity contribution is 0.305. The summed E-state index contributed by atoms with van der Waals surface area (Å²) in [5.41, 5.74) is 2.74. The Kier molecular flexibility index (Phi) is 4.38. The molecule has 2 nitrogen and oxygen atoms in total. The van der Waals surface area contributed by atoms with Gasteiger partial charge in [-0.1, -0.05) is 46.3 Å². The summed E-state index contributed by atoms with van der Waals surface area (Å²) in [5, 5.41) is 9.79. The molecule has 0 amide bonds. The van der Waals surface area contributed by atoms with Crippen LogP contribution >= 0.6 is 15.9 Å². The van der Waals surface area contributed by atoms with Gasteiger partial charge in [0, 0.05) is 10.9 Å². The fourth-order valence-corrected chi connectivity index (χ4v) is 1.98. The van der Waals surface area contributed by atoms with Crippen molar-refractivity contribution in [3.05, 3.63) is 65.2 Å². The van der Waals surface area contributed by atoms with Gasteiger partial charge in [0.15, 0.2) is 0 Å². The van der Waals surface area contributed by atoms with Crippen LogP contribution < -0.4 is 4.74 Å². The molecule has 0 heterocycles. The van der Waals surface area contributed by atoms with Gasteiger partial charge in [0.05, 0.1) is 11.6 Å². The Morgan fingerprint density at radius 3 is 2.72 bits per heavy atom. The van der Waals surface area contributed by atoms with E-state index in [9.17, 15) is 0 Å². The van der Waals surface area contributed by atoms with Gasteiger partial charge in [0.1, 0.15) is 12.4 Å². The third-order valence-electron chi connectivity index (χ3n) is 2.58. The summed E-state index contributed by atoms with van der Waals surface area (Å²) in [5.74, 6) is 0.819. The van der Waals surface area contributed by atoms with Crippen LogP contribution in [0.4, 0.5) is 0 Å². The van der Waals surface area contributed by atoms with Gasteiger partial charge in [-0.2, -0.15) is 5.26 Å². The van der Waals surface area contributed by atoms with E-state index in [4.69, 9.17) is 10.00 Å². The standard InChI is InChI=1S/C15H12BrNO/c16-9-12-4-3-7-15(8-12)18-11-14-6-2-1-5-13(14)10-17/h1-8H,9,11H2. The molecule has 0 saturated heterocycles. The minimum Gasteiger partial charge on any atom is -0.489 e. The molecule has 0 atom stereocenters. The number of alkyl halides is 1. The Morgan fingerprint density at radius 1 is 1.11 bits per heavy atom. The topological polar surface area (TPSA) is 33.0 Å². The van der Waals surface area contributed by atoms with Crippen molar-refractivity contribution in [3.63, 3.8) is 0 Å². The Morgan fingerprint density at radius 2 is 1.94 bits per heavy atom. The lowest BCUT2D eigenvalue weighted by Gasteiger charge is -2.08. The second-order valence-electron chi connectivity index (χ2n) is 3.84. The molecule has 0 radical (unpaired) electrons. The first-order chi connectivity index (χ1) is 8.83. The number of rotatable bonds is 4. The van der Waals surface area contributed by atoms with E-state index < -0.39 is 0 Å². The molecule has 0 aliphatic carbocycles.